The van der Waals surface area contributed by atoms with Crippen molar-refractivity contribution in [1.82, 2.24) is 0 Å². The van der Waals surface area contributed by atoms with Crippen LogP contribution in [0.3, 0.4) is 0 Å². The Morgan fingerprint density at radius 2 is 1.44 bits per heavy atom. The third-order valence-corrected chi connectivity index (χ3v) is 7.29. The molecule has 1 aliphatic heterocycles. The number of hydrogen-bond acceptors (Lipinski definition) is 5. The summed E-state index contributed by atoms with van der Waals surface area (Å²) in [5.41, 5.74) is 0. The lowest BCUT2D eigenvalue weighted by Crippen LogP contribution is -2.16. The monoisotopic (exact) mass is 404 g/mol. The van der Waals surface area contributed by atoms with Crippen molar-refractivity contribution in [2.75, 3.05) is 26.5 Å². The largest absolute Gasteiger partial charge is 0.465 e. The summed E-state index contributed by atoms with van der Waals surface area (Å²) in [6.45, 7) is 2.89. The van der Waals surface area contributed by atoms with E-state index < -0.39 is 7.60 Å². The molecule has 2 unspecified atom stereocenters. The Hall–Kier alpha value is -0.380. The van der Waals surface area contributed by atoms with E-state index in [1.54, 1.807) is 0 Å². The minimum absolute atomic E-state index is 0.00798. The maximum atomic E-state index is 11.9. The zero-order valence-electron chi connectivity index (χ0n) is 17.6. The molecule has 6 heteroatoms. The summed E-state index contributed by atoms with van der Waals surface area (Å²) >= 11 is 0. The highest BCUT2D eigenvalue weighted by molar-refractivity contribution is 7.54. The summed E-state index contributed by atoms with van der Waals surface area (Å²) in [4.78, 5) is 11.8. The van der Waals surface area contributed by atoms with Gasteiger partial charge in [0.1, 0.15) is 0 Å². The molecule has 0 radical (unpaired) electrons. The summed E-state index contributed by atoms with van der Waals surface area (Å²) < 4.78 is 27.2. The smallest absolute Gasteiger partial charge is 0.330 e. The van der Waals surface area contributed by atoms with Crippen LogP contribution in [0.2, 0.25) is 0 Å². The lowest BCUT2D eigenvalue weighted by molar-refractivity contribution is -0.145. The maximum Gasteiger partial charge on any atom is 0.330 e. The molecule has 0 aromatic carbocycles. The second-order valence-corrected chi connectivity index (χ2v) is 10.0. The first-order chi connectivity index (χ1) is 13.1. The Balaban J connectivity index is 1.83. The highest BCUT2D eigenvalue weighted by Crippen LogP contribution is 2.53. The van der Waals surface area contributed by atoms with Gasteiger partial charge in [-0.3, -0.25) is 9.36 Å². The minimum atomic E-state index is -2.91. The fourth-order valence-corrected chi connectivity index (χ4v) is 5.08. The predicted molar refractivity (Wildman–Crippen MR) is 110 cm³/mol. The van der Waals surface area contributed by atoms with E-state index in [0.29, 0.717) is 19.2 Å². The second-order valence-electron chi connectivity index (χ2n) is 7.81. The first-order valence-corrected chi connectivity index (χ1v) is 12.8. The number of carbonyl (C=O) groups is 1. The van der Waals surface area contributed by atoms with E-state index in [0.717, 1.165) is 12.8 Å². The average Bonchev–Trinajstić information content (AvgIpc) is 3.06. The highest BCUT2D eigenvalue weighted by atomic mass is 31.2. The van der Waals surface area contributed by atoms with Crippen LogP contribution in [0.4, 0.5) is 0 Å². The molecule has 2 atom stereocenters. The molecule has 0 aromatic heterocycles. The SMILES string of the molecule is CCCCCCCCCCCCCCCC(=O)OCC1COP(=O)(OC)C1. The van der Waals surface area contributed by atoms with Gasteiger partial charge in [0.25, 0.3) is 0 Å². The molecule has 0 amide bonds. The van der Waals surface area contributed by atoms with Crippen molar-refractivity contribution in [2.24, 2.45) is 5.92 Å². The summed E-state index contributed by atoms with van der Waals surface area (Å²) in [7, 11) is -1.52. The van der Waals surface area contributed by atoms with Crippen LogP contribution < -0.4 is 0 Å². The van der Waals surface area contributed by atoms with Gasteiger partial charge in [0.2, 0.25) is 0 Å². The summed E-state index contributed by atoms with van der Waals surface area (Å²) in [5.74, 6) is -0.163. The van der Waals surface area contributed by atoms with Crippen molar-refractivity contribution in [1.29, 1.82) is 0 Å². The molecule has 160 valence electrons. The molecule has 0 N–H and O–H groups in total. The van der Waals surface area contributed by atoms with Crippen molar-refractivity contribution in [3.8, 4) is 0 Å². The first-order valence-electron chi connectivity index (χ1n) is 11.0. The average molecular weight is 405 g/mol. The summed E-state index contributed by atoms with van der Waals surface area (Å²) in [6.07, 6.45) is 17.7. The van der Waals surface area contributed by atoms with Gasteiger partial charge >= 0.3 is 13.6 Å². The van der Waals surface area contributed by atoms with Gasteiger partial charge in [0.05, 0.1) is 19.4 Å². The molecule has 0 spiro atoms. The predicted octanol–water partition coefficient (Wildman–Crippen LogP) is 6.50. The van der Waals surface area contributed by atoms with E-state index in [-0.39, 0.29) is 18.5 Å². The Labute approximate surface area is 166 Å². The molecule has 0 saturated carbocycles. The van der Waals surface area contributed by atoms with E-state index in [1.165, 1.54) is 77.7 Å². The Morgan fingerprint density at radius 3 is 1.93 bits per heavy atom. The number of esters is 1. The Kier molecular flexibility index (Phi) is 14.2. The standard InChI is InChI=1S/C21H41O5P/c1-3-4-5-6-7-8-9-10-11-12-13-14-15-16-21(22)25-17-20-18-26-27(23,19-20)24-2/h20H,3-19H2,1-2H3. The van der Waals surface area contributed by atoms with Crippen LogP contribution in [0.5, 0.6) is 0 Å². The van der Waals surface area contributed by atoms with Gasteiger partial charge in [0, 0.05) is 19.4 Å². The fourth-order valence-electron chi connectivity index (χ4n) is 3.44. The highest BCUT2D eigenvalue weighted by Gasteiger charge is 2.36. The molecule has 0 aromatic rings. The van der Waals surface area contributed by atoms with Crippen LogP contribution in [-0.2, 0) is 23.1 Å². The first kappa shape index (κ1) is 24.7. The third kappa shape index (κ3) is 12.6. The van der Waals surface area contributed by atoms with E-state index in [2.05, 4.69) is 6.92 Å². The van der Waals surface area contributed by atoms with Crippen LogP contribution in [-0.4, -0.2) is 32.5 Å². The molecule has 1 heterocycles. The quantitative estimate of drug-likeness (QED) is 0.157. The van der Waals surface area contributed by atoms with Gasteiger partial charge < -0.3 is 13.8 Å². The van der Waals surface area contributed by atoms with Crippen molar-refractivity contribution in [3.63, 3.8) is 0 Å². The second kappa shape index (κ2) is 15.5. The zero-order valence-corrected chi connectivity index (χ0v) is 18.5. The molecular weight excluding hydrogens is 363 g/mol. The molecule has 1 saturated heterocycles. The topological polar surface area (TPSA) is 61.8 Å². The number of hydrogen-bond donors (Lipinski definition) is 0. The van der Waals surface area contributed by atoms with Crippen LogP contribution in [0, 0.1) is 5.92 Å². The van der Waals surface area contributed by atoms with E-state index in [9.17, 15) is 9.36 Å². The van der Waals surface area contributed by atoms with Crippen molar-refractivity contribution in [2.45, 2.75) is 96.8 Å². The molecular formula is C21H41O5P. The van der Waals surface area contributed by atoms with Gasteiger partial charge in [-0.25, -0.2) is 0 Å². The van der Waals surface area contributed by atoms with Gasteiger partial charge in [-0.2, -0.15) is 0 Å². The van der Waals surface area contributed by atoms with Crippen LogP contribution in [0.25, 0.3) is 0 Å². The molecule has 27 heavy (non-hydrogen) atoms. The van der Waals surface area contributed by atoms with Crippen LogP contribution in [0.15, 0.2) is 0 Å². The summed E-state index contributed by atoms with van der Waals surface area (Å²) in [6, 6.07) is 0. The number of unbranched alkanes of at least 4 members (excludes halogenated alkanes) is 12. The van der Waals surface area contributed by atoms with Crippen molar-refractivity contribution >= 4 is 13.6 Å². The molecule has 0 bridgehead atoms. The van der Waals surface area contributed by atoms with E-state index in [4.69, 9.17) is 13.8 Å². The third-order valence-electron chi connectivity index (χ3n) is 5.23. The van der Waals surface area contributed by atoms with Gasteiger partial charge in [-0.1, -0.05) is 84.0 Å². The molecule has 1 fully saturated rings. The number of carbonyl (C=O) groups excluding carboxylic acids is 1. The van der Waals surface area contributed by atoms with Crippen LogP contribution in [0.1, 0.15) is 96.8 Å². The van der Waals surface area contributed by atoms with Crippen molar-refractivity contribution in [3.05, 3.63) is 0 Å². The van der Waals surface area contributed by atoms with Gasteiger partial charge in [-0.05, 0) is 6.42 Å². The van der Waals surface area contributed by atoms with Crippen molar-refractivity contribution < 1.29 is 23.1 Å². The van der Waals surface area contributed by atoms with Gasteiger partial charge in [0.15, 0.2) is 0 Å². The molecule has 1 rings (SSSR count). The molecule has 5 nitrogen and oxygen atoms in total. The minimum Gasteiger partial charge on any atom is -0.465 e. The normalized spacial score (nSPS) is 22.2. The van der Waals surface area contributed by atoms with Gasteiger partial charge in [-0.15, -0.1) is 0 Å². The van der Waals surface area contributed by atoms with E-state index >= 15 is 0 Å². The Bertz CT molecular complexity index is 427. The molecule has 0 aliphatic carbocycles. The maximum absolute atomic E-state index is 11.9. The lowest BCUT2D eigenvalue weighted by Gasteiger charge is -2.09. The Morgan fingerprint density at radius 1 is 0.926 bits per heavy atom. The molecule has 1 aliphatic rings. The summed E-state index contributed by atoms with van der Waals surface area (Å²) in [5, 5.41) is 0. The number of rotatable bonds is 17. The van der Waals surface area contributed by atoms with E-state index in [1.807, 2.05) is 0 Å². The lowest BCUT2D eigenvalue weighted by atomic mass is 10.0. The van der Waals surface area contributed by atoms with Crippen LogP contribution >= 0.6 is 7.60 Å². The fraction of sp³-hybridized carbons (Fsp3) is 0.952. The zero-order chi connectivity index (χ0) is 19.8. The number of ether oxygens (including phenoxy) is 1.